The van der Waals surface area contributed by atoms with Gasteiger partial charge < -0.3 is 10.4 Å². The van der Waals surface area contributed by atoms with Crippen LogP contribution in [0.3, 0.4) is 0 Å². The molecule has 0 heterocycles. The summed E-state index contributed by atoms with van der Waals surface area (Å²) >= 11 is 0. The summed E-state index contributed by atoms with van der Waals surface area (Å²) in [5, 5.41) is 21.1. The van der Waals surface area contributed by atoms with Gasteiger partial charge in [0.05, 0.1) is 17.7 Å². The number of nitrogens with zero attached hydrogens (tertiary/aromatic N) is 1. The molecule has 1 rings (SSSR count). The minimum Gasteiger partial charge on any atom is -0.392 e. The molecule has 0 saturated heterocycles. The zero-order chi connectivity index (χ0) is 11.3. The molecule has 0 fully saturated rings. The van der Waals surface area contributed by atoms with Gasteiger partial charge >= 0.3 is 0 Å². The third-order valence-corrected chi connectivity index (χ3v) is 2.24. The van der Waals surface area contributed by atoms with Gasteiger partial charge in [0.1, 0.15) is 0 Å². The van der Waals surface area contributed by atoms with E-state index in [9.17, 15) is 0 Å². The Labute approximate surface area is 90.4 Å². The van der Waals surface area contributed by atoms with Gasteiger partial charge in [-0.3, -0.25) is 0 Å². The largest absolute Gasteiger partial charge is 0.392 e. The lowest BCUT2D eigenvalue weighted by Crippen LogP contribution is -2.27. The molecule has 3 nitrogen and oxygen atoms in total. The molecule has 0 amide bonds. The second-order valence-electron chi connectivity index (χ2n) is 3.72. The number of aliphatic hydroxyl groups excluding tert-OH is 1. The van der Waals surface area contributed by atoms with Gasteiger partial charge in [-0.1, -0.05) is 12.1 Å². The molecular formula is C12H16N2O. The van der Waals surface area contributed by atoms with Crippen molar-refractivity contribution in [1.29, 1.82) is 5.26 Å². The lowest BCUT2D eigenvalue weighted by Gasteiger charge is -2.15. The van der Waals surface area contributed by atoms with Crippen molar-refractivity contribution in [2.24, 2.45) is 0 Å². The predicted octanol–water partition coefficient (Wildman–Crippen LogP) is 1.59. The minimum absolute atomic E-state index is 0.146. The van der Waals surface area contributed by atoms with Crippen LogP contribution in [0.4, 0.5) is 0 Å². The normalized spacial score (nSPS) is 14.3. The zero-order valence-electron chi connectivity index (χ0n) is 9.07. The second kappa shape index (κ2) is 5.50. The number of hydrogen-bond acceptors (Lipinski definition) is 3. The van der Waals surface area contributed by atoms with Crippen LogP contribution in [0.1, 0.15) is 31.0 Å². The molecule has 0 aromatic heterocycles. The highest BCUT2D eigenvalue weighted by atomic mass is 16.3. The molecule has 1 aromatic carbocycles. The van der Waals surface area contributed by atoms with Gasteiger partial charge in [0.15, 0.2) is 0 Å². The Bertz CT molecular complexity index is 355. The molecule has 0 aliphatic carbocycles. The van der Waals surface area contributed by atoms with Crippen molar-refractivity contribution in [3.63, 3.8) is 0 Å². The maximum absolute atomic E-state index is 9.13. The van der Waals surface area contributed by atoms with E-state index in [4.69, 9.17) is 10.4 Å². The lowest BCUT2D eigenvalue weighted by atomic mass is 10.1. The quantitative estimate of drug-likeness (QED) is 0.783. The maximum atomic E-state index is 9.13. The molecule has 1 aromatic rings. The van der Waals surface area contributed by atoms with Crippen LogP contribution in [0.15, 0.2) is 24.3 Å². The van der Waals surface area contributed by atoms with Crippen molar-refractivity contribution >= 4 is 0 Å². The molecule has 80 valence electrons. The molecule has 15 heavy (non-hydrogen) atoms. The number of rotatable bonds is 4. The van der Waals surface area contributed by atoms with Gasteiger partial charge in [-0.25, -0.2) is 0 Å². The summed E-state index contributed by atoms with van der Waals surface area (Å²) < 4.78 is 0. The van der Waals surface area contributed by atoms with Crippen molar-refractivity contribution in [3.8, 4) is 6.07 Å². The topological polar surface area (TPSA) is 56.0 Å². The zero-order valence-corrected chi connectivity index (χ0v) is 9.07. The Morgan fingerprint density at radius 2 is 2.20 bits per heavy atom. The van der Waals surface area contributed by atoms with Crippen LogP contribution in [0.2, 0.25) is 0 Å². The monoisotopic (exact) mass is 204 g/mol. The van der Waals surface area contributed by atoms with Gasteiger partial charge in [0, 0.05) is 12.6 Å². The lowest BCUT2D eigenvalue weighted by molar-refractivity contribution is 0.187. The van der Waals surface area contributed by atoms with Crippen molar-refractivity contribution < 1.29 is 5.11 Å². The molecule has 0 radical (unpaired) electrons. The molecule has 0 spiro atoms. The van der Waals surface area contributed by atoms with Crippen LogP contribution in [-0.2, 0) is 0 Å². The Morgan fingerprint density at radius 1 is 1.47 bits per heavy atom. The number of benzene rings is 1. The van der Waals surface area contributed by atoms with E-state index in [-0.39, 0.29) is 12.1 Å². The Hall–Kier alpha value is -1.37. The summed E-state index contributed by atoms with van der Waals surface area (Å²) in [6, 6.07) is 9.74. The average Bonchev–Trinajstić information content (AvgIpc) is 2.26. The third-order valence-electron chi connectivity index (χ3n) is 2.24. The summed E-state index contributed by atoms with van der Waals surface area (Å²) in [4.78, 5) is 0. The van der Waals surface area contributed by atoms with Crippen LogP contribution < -0.4 is 5.32 Å². The number of nitrogens with one attached hydrogen (secondary N) is 1. The van der Waals surface area contributed by atoms with Crippen LogP contribution in [-0.4, -0.2) is 17.8 Å². The number of aliphatic hydroxyl groups is 1. The van der Waals surface area contributed by atoms with E-state index >= 15 is 0 Å². The first-order chi connectivity index (χ1) is 7.13. The highest BCUT2D eigenvalue weighted by Crippen LogP contribution is 2.13. The Kier molecular flexibility index (Phi) is 4.29. The van der Waals surface area contributed by atoms with Gasteiger partial charge in [-0.15, -0.1) is 0 Å². The summed E-state index contributed by atoms with van der Waals surface area (Å²) in [5.74, 6) is 0. The van der Waals surface area contributed by atoms with Crippen LogP contribution >= 0.6 is 0 Å². The van der Waals surface area contributed by atoms with E-state index in [1.165, 1.54) is 0 Å². The Morgan fingerprint density at radius 3 is 2.80 bits per heavy atom. The highest BCUT2D eigenvalue weighted by Gasteiger charge is 2.06. The standard InChI is InChI=1S/C12H16N2O/c1-9(15)8-14-10(2)12-5-3-4-11(6-12)7-13/h3-6,9-10,14-15H,8H2,1-2H3/t9-,10+/m0/s1. The van der Waals surface area contributed by atoms with Crippen molar-refractivity contribution in [2.45, 2.75) is 26.0 Å². The Balaban J connectivity index is 2.65. The van der Waals surface area contributed by atoms with E-state index in [1.54, 1.807) is 13.0 Å². The summed E-state index contributed by atoms with van der Waals surface area (Å²) in [6.07, 6.45) is -0.355. The molecule has 2 N–H and O–H groups in total. The molecule has 3 heteroatoms. The second-order valence-corrected chi connectivity index (χ2v) is 3.72. The van der Waals surface area contributed by atoms with Gasteiger partial charge in [0.25, 0.3) is 0 Å². The van der Waals surface area contributed by atoms with E-state index in [1.807, 2.05) is 25.1 Å². The highest BCUT2D eigenvalue weighted by molar-refractivity contribution is 5.33. The molecule has 2 atom stereocenters. The predicted molar refractivity (Wildman–Crippen MR) is 59.3 cm³/mol. The fraction of sp³-hybridized carbons (Fsp3) is 0.417. The maximum Gasteiger partial charge on any atom is 0.0991 e. The van der Waals surface area contributed by atoms with Crippen molar-refractivity contribution in [2.75, 3.05) is 6.54 Å². The number of nitriles is 1. The minimum atomic E-state index is -0.355. The van der Waals surface area contributed by atoms with Crippen LogP contribution in [0.5, 0.6) is 0 Å². The first-order valence-corrected chi connectivity index (χ1v) is 5.05. The smallest absolute Gasteiger partial charge is 0.0991 e. The van der Waals surface area contributed by atoms with Gasteiger partial charge in [-0.2, -0.15) is 5.26 Å². The third kappa shape index (κ3) is 3.70. The summed E-state index contributed by atoms with van der Waals surface area (Å²) in [6.45, 7) is 4.31. The van der Waals surface area contributed by atoms with Crippen molar-refractivity contribution in [3.05, 3.63) is 35.4 Å². The van der Waals surface area contributed by atoms with E-state index in [2.05, 4.69) is 11.4 Å². The molecule has 0 bridgehead atoms. The van der Waals surface area contributed by atoms with Gasteiger partial charge in [-0.05, 0) is 31.5 Å². The van der Waals surface area contributed by atoms with E-state index in [0.29, 0.717) is 12.1 Å². The van der Waals surface area contributed by atoms with E-state index < -0.39 is 0 Å². The van der Waals surface area contributed by atoms with Crippen LogP contribution in [0.25, 0.3) is 0 Å². The molecule has 0 unspecified atom stereocenters. The fourth-order valence-electron chi connectivity index (χ4n) is 1.34. The summed E-state index contributed by atoms with van der Waals surface area (Å²) in [5.41, 5.74) is 1.73. The van der Waals surface area contributed by atoms with Crippen LogP contribution in [0, 0.1) is 11.3 Å². The SMILES string of the molecule is C[C@H](O)CN[C@H](C)c1cccc(C#N)c1. The fourth-order valence-corrected chi connectivity index (χ4v) is 1.34. The first-order valence-electron chi connectivity index (χ1n) is 5.05. The molecule has 0 saturated carbocycles. The van der Waals surface area contributed by atoms with Crippen molar-refractivity contribution in [1.82, 2.24) is 5.32 Å². The molecule has 0 aliphatic rings. The van der Waals surface area contributed by atoms with E-state index in [0.717, 1.165) is 5.56 Å². The van der Waals surface area contributed by atoms with Gasteiger partial charge in [0.2, 0.25) is 0 Å². The molecule has 0 aliphatic heterocycles. The molecular weight excluding hydrogens is 188 g/mol. The summed E-state index contributed by atoms with van der Waals surface area (Å²) in [7, 11) is 0. The number of hydrogen-bond donors (Lipinski definition) is 2. The first kappa shape index (κ1) is 11.7. The average molecular weight is 204 g/mol.